The molecule has 1 amide bonds. The molecule has 0 bridgehead atoms. The lowest BCUT2D eigenvalue weighted by Gasteiger charge is -2.34. The van der Waals surface area contributed by atoms with Crippen molar-refractivity contribution in [1.82, 2.24) is 14.5 Å². The molecule has 2 aromatic rings. The van der Waals surface area contributed by atoms with Crippen molar-refractivity contribution in [1.29, 1.82) is 0 Å². The number of benzene rings is 1. The minimum atomic E-state index is -3.64. The first-order valence-corrected chi connectivity index (χ1v) is 13.6. The van der Waals surface area contributed by atoms with Crippen LogP contribution >= 0.6 is 11.3 Å². The molecule has 1 N–H and O–H groups in total. The van der Waals surface area contributed by atoms with Crippen LogP contribution < -0.4 is 5.32 Å². The Labute approximate surface area is 199 Å². The van der Waals surface area contributed by atoms with E-state index in [1.54, 1.807) is 23.5 Å². The summed E-state index contributed by atoms with van der Waals surface area (Å²) in [5.74, 6) is -0.220. The molecule has 2 saturated heterocycles. The van der Waals surface area contributed by atoms with Gasteiger partial charge in [0, 0.05) is 43.2 Å². The zero-order valence-electron chi connectivity index (χ0n) is 19.0. The summed E-state index contributed by atoms with van der Waals surface area (Å²) < 4.78 is 38.6. The third-order valence-electron chi connectivity index (χ3n) is 5.95. The van der Waals surface area contributed by atoms with Crippen molar-refractivity contribution in [2.45, 2.75) is 37.0 Å². The molecule has 8 nitrogen and oxygen atoms in total. The molecule has 10 heteroatoms. The summed E-state index contributed by atoms with van der Waals surface area (Å²) in [7, 11) is -3.64. The van der Waals surface area contributed by atoms with Crippen molar-refractivity contribution in [2.75, 3.05) is 45.9 Å². The van der Waals surface area contributed by atoms with Gasteiger partial charge in [0.25, 0.3) is 5.91 Å². The maximum atomic E-state index is 13.0. The van der Waals surface area contributed by atoms with Gasteiger partial charge in [-0.2, -0.15) is 4.31 Å². The van der Waals surface area contributed by atoms with Gasteiger partial charge >= 0.3 is 0 Å². The lowest BCUT2D eigenvalue weighted by molar-refractivity contribution is -0.0440. The van der Waals surface area contributed by atoms with Gasteiger partial charge in [0.1, 0.15) is 0 Å². The highest BCUT2D eigenvalue weighted by Gasteiger charge is 2.32. The van der Waals surface area contributed by atoms with Gasteiger partial charge in [-0.25, -0.2) is 8.42 Å². The van der Waals surface area contributed by atoms with Crippen LogP contribution in [-0.2, 0) is 19.5 Å². The Kier molecular flexibility index (Phi) is 7.83. The number of ether oxygens (including phenoxy) is 2. The van der Waals surface area contributed by atoms with Gasteiger partial charge in [-0.1, -0.05) is 6.07 Å². The number of sulfonamides is 1. The van der Waals surface area contributed by atoms with Gasteiger partial charge in [-0.3, -0.25) is 9.69 Å². The van der Waals surface area contributed by atoms with Crippen LogP contribution in [0.3, 0.4) is 0 Å². The smallest absolute Gasteiger partial charge is 0.251 e. The Hall–Kier alpha value is -1.82. The zero-order chi connectivity index (χ0) is 23.4. The number of nitrogens with zero attached hydrogens (tertiary/aromatic N) is 2. The van der Waals surface area contributed by atoms with E-state index in [-0.39, 0.29) is 29.1 Å². The largest absolute Gasteiger partial charge is 0.379 e. The first-order chi connectivity index (χ1) is 15.8. The lowest BCUT2D eigenvalue weighted by Crippen LogP contribution is -2.48. The third kappa shape index (κ3) is 5.82. The van der Waals surface area contributed by atoms with Crippen molar-refractivity contribution in [2.24, 2.45) is 0 Å². The predicted molar refractivity (Wildman–Crippen MR) is 127 cm³/mol. The normalized spacial score (nSPS) is 23.8. The monoisotopic (exact) mass is 493 g/mol. The molecule has 2 aliphatic rings. The maximum Gasteiger partial charge on any atom is 0.251 e. The average molecular weight is 494 g/mol. The van der Waals surface area contributed by atoms with E-state index in [1.807, 2.05) is 25.3 Å². The second-order valence-corrected chi connectivity index (χ2v) is 11.4. The number of morpholine rings is 2. The van der Waals surface area contributed by atoms with E-state index in [0.29, 0.717) is 38.4 Å². The molecule has 180 valence electrons. The van der Waals surface area contributed by atoms with Gasteiger partial charge in [0.2, 0.25) is 10.0 Å². The predicted octanol–water partition coefficient (Wildman–Crippen LogP) is 2.35. The summed E-state index contributed by atoms with van der Waals surface area (Å²) >= 11 is 1.68. The molecular weight excluding hydrogens is 462 g/mol. The SMILES string of the molecule is CC1CN(S(=O)(=O)c2ccc(C(=O)NCC(c3cccs3)N3CCOCC3)cc2)CC(C)O1. The van der Waals surface area contributed by atoms with Gasteiger partial charge in [-0.15, -0.1) is 11.3 Å². The van der Waals surface area contributed by atoms with Gasteiger partial charge in [0.05, 0.1) is 36.4 Å². The van der Waals surface area contributed by atoms with Crippen LogP contribution in [0.5, 0.6) is 0 Å². The van der Waals surface area contributed by atoms with E-state index < -0.39 is 10.0 Å². The van der Waals surface area contributed by atoms with Gasteiger partial charge in [-0.05, 0) is 49.6 Å². The maximum absolute atomic E-state index is 13.0. The molecule has 2 aliphatic heterocycles. The van der Waals surface area contributed by atoms with E-state index in [4.69, 9.17) is 9.47 Å². The molecule has 33 heavy (non-hydrogen) atoms. The Morgan fingerprint density at radius 3 is 2.39 bits per heavy atom. The van der Waals surface area contributed by atoms with Crippen LogP contribution in [0.1, 0.15) is 35.1 Å². The minimum absolute atomic E-state index is 0.0859. The van der Waals surface area contributed by atoms with Crippen LogP contribution in [0.2, 0.25) is 0 Å². The lowest BCUT2D eigenvalue weighted by atomic mass is 10.1. The molecule has 4 rings (SSSR count). The van der Waals surface area contributed by atoms with Crippen LogP contribution in [0, 0.1) is 0 Å². The van der Waals surface area contributed by atoms with Crippen molar-refractivity contribution < 1.29 is 22.7 Å². The molecule has 1 aromatic heterocycles. The molecule has 3 atom stereocenters. The molecule has 2 fully saturated rings. The molecule has 1 aromatic carbocycles. The number of carbonyl (C=O) groups is 1. The van der Waals surface area contributed by atoms with E-state index in [9.17, 15) is 13.2 Å². The first kappa shape index (κ1) is 24.3. The Morgan fingerprint density at radius 2 is 1.79 bits per heavy atom. The van der Waals surface area contributed by atoms with Crippen molar-refractivity contribution >= 4 is 27.3 Å². The fourth-order valence-electron chi connectivity index (χ4n) is 4.33. The summed E-state index contributed by atoms with van der Waals surface area (Å²) in [5.41, 5.74) is 0.435. The number of amides is 1. The van der Waals surface area contributed by atoms with Crippen molar-refractivity contribution in [3.63, 3.8) is 0 Å². The Morgan fingerprint density at radius 1 is 1.12 bits per heavy atom. The Balaban J connectivity index is 1.41. The van der Waals surface area contributed by atoms with Crippen molar-refractivity contribution in [3.05, 3.63) is 52.2 Å². The van der Waals surface area contributed by atoms with Crippen LogP contribution in [0.25, 0.3) is 0 Å². The zero-order valence-corrected chi connectivity index (χ0v) is 20.6. The quantitative estimate of drug-likeness (QED) is 0.637. The second kappa shape index (κ2) is 10.6. The highest BCUT2D eigenvalue weighted by atomic mass is 32.2. The number of hydrogen-bond donors (Lipinski definition) is 1. The molecule has 3 unspecified atom stereocenters. The van der Waals surface area contributed by atoms with Gasteiger partial charge in [0.15, 0.2) is 0 Å². The molecule has 3 heterocycles. The summed E-state index contributed by atoms with van der Waals surface area (Å²) in [5, 5.41) is 5.07. The van der Waals surface area contributed by atoms with E-state index in [0.717, 1.165) is 13.1 Å². The highest BCUT2D eigenvalue weighted by Crippen LogP contribution is 2.26. The molecule has 0 aliphatic carbocycles. The average Bonchev–Trinajstić information content (AvgIpc) is 3.34. The number of rotatable bonds is 7. The second-order valence-electron chi connectivity index (χ2n) is 8.49. The van der Waals surface area contributed by atoms with Crippen LogP contribution in [0.15, 0.2) is 46.7 Å². The fourth-order valence-corrected chi connectivity index (χ4v) is 6.78. The molecular formula is C23H31N3O5S2. The summed E-state index contributed by atoms with van der Waals surface area (Å²) in [4.78, 5) is 16.5. The van der Waals surface area contributed by atoms with Crippen LogP contribution in [0.4, 0.5) is 0 Å². The fraction of sp³-hybridized carbons (Fsp3) is 0.522. The summed E-state index contributed by atoms with van der Waals surface area (Å²) in [6, 6.07) is 10.4. The Bertz CT molecular complexity index is 1010. The summed E-state index contributed by atoms with van der Waals surface area (Å²) in [6.07, 6.45) is -0.312. The number of hydrogen-bond acceptors (Lipinski definition) is 7. The topological polar surface area (TPSA) is 88.2 Å². The summed E-state index contributed by atoms with van der Waals surface area (Å²) in [6.45, 7) is 7.87. The minimum Gasteiger partial charge on any atom is -0.379 e. The van der Waals surface area contributed by atoms with Crippen LogP contribution in [-0.4, -0.2) is 81.7 Å². The van der Waals surface area contributed by atoms with E-state index >= 15 is 0 Å². The number of nitrogens with one attached hydrogen (secondary N) is 1. The molecule has 0 spiro atoms. The molecule has 0 radical (unpaired) electrons. The standard InChI is InChI=1S/C23H31N3O5S2/c1-17-15-26(16-18(2)31-17)33(28,29)20-7-5-19(6-8-20)23(27)24-14-21(22-4-3-13-32-22)25-9-11-30-12-10-25/h3-8,13,17-18,21H,9-12,14-16H2,1-2H3,(H,24,27). The van der Waals surface area contributed by atoms with Gasteiger partial charge < -0.3 is 14.8 Å². The van der Waals surface area contributed by atoms with E-state index in [2.05, 4.69) is 16.3 Å². The number of carbonyl (C=O) groups excluding carboxylic acids is 1. The highest BCUT2D eigenvalue weighted by molar-refractivity contribution is 7.89. The van der Waals surface area contributed by atoms with Crippen molar-refractivity contribution in [3.8, 4) is 0 Å². The molecule has 0 saturated carbocycles. The van der Waals surface area contributed by atoms with E-state index in [1.165, 1.54) is 21.3 Å². The third-order valence-corrected chi connectivity index (χ3v) is 8.77. The number of thiophene rings is 1. The first-order valence-electron chi connectivity index (χ1n) is 11.2.